The van der Waals surface area contributed by atoms with Gasteiger partial charge in [0.15, 0.2) is 0 Å². The van der Waals surface area contributed by atoms with E-state index in [4.69, 9.17) is 0 Å². The molecule has 0 spiro atoms. The van der Waals surface area contributed by atoms with Crippen LogP contribution in [0.1, 0.15) is 5.56 Å². The van der Waals surface area contributed by atoms with Gasteiger partial charge in [-0.2, -0.15) is 0 Å². The van der Waals surface area contributed by atoms with Crippen molar-refractivity contribution in [1.29, 1.82) is 0 Å². The Labute approximate surface area is 93.5 Å². The Morgan fingerprint density at radius 2 is 2.00 bits per heavy atom. The van der Waals surface area contributed by atoms with E-state index in [0.29, 0.717) is 0 Å². The molecule has 1 aliphatic heterocycles. The number of H-pyrrole nitrogens is 1. The molecule has 0 aliphatic carbocycles. The highest BCUT2D eigenvalue weighted by Crippen LogP contribution is 2.20. The van der Waals surface area contributed by atoms with Crippen LogP contribution in [-0.4, -0.2) is 28.9 Å². The molecule has 3 rings (SSSR count). The Bertz CT molecular complexity index is 514. The second-order valence-corrected chi connectivity index (χ2v) is 3.64. The van der Waals surface area contributed by atoms with Crippen LogP contribution in [0.25, 0.3) is 11.4 Å². The van der Waals surface area contributed by atoms with Crippen LogP contribution in [-0.2, 0) is 0 Å². The Morgan fingerprint density at radius 1 is 1.12 bits per heavy atom. The third-order valence-corrected chi connectivity index (χ3v) is 2.61. The number of nitrogens with one attached hydrogen (secondary N) is 2. The molecule has 4 heteroatoms. The summed E-state index contributed by atoms with van der Waals surface area (Å²) in [7, 11) is 0. The van der Waals surface area contributed by atoms with Gasteiger partial charge in [0, 0.05) is 30.1 Å². The molecular formula is C12H12N4. The summed E-state index contributed by atoms with van der Waals surface area (Å²) < 4.78 is 0. The molecule has 1 aromatic heterocycles. The minimum atomic E-state index is 0.849. The second kappa shape index (κ2) is 3.81. The van der Waals surface area contributed by atoms with Crippen LogP contribution in [0, 0.1) is 0 Å². The number of nitrogens with zero attached hydrogens (tertiary/aromatic N) is 2. The van der Waals surface area contributed by atoms with Crippen LogP contribution in [0.5, 0.6) is 0 Å². The monoisotopic (exact) mass is 212 g/mol. The maximum atomic E-state index is 4.44. The minimum Gasteiger partial charge on any atom is -0.368 e. The van der Waals surface area contributed by atoms with Gasteiger partial charge in [-0.3, -0.25) is 4.99 Å². The van der Waals surface area contributed by atoms with E-state index in [-0.39, 0.29) is 0 Å². The molecule has 2 heterocycles. The van der Waals surface area contributed by atoms with Crippen LogP contribution in [0.15, 0.2) is 41.7 Å². The summed E-state index contributed by atoms with van der Waals surface area (Å²) in [4.78, 5) is 11.8. The van der Waals surface area contributed by atoms with E-state index >= 15 is 0 Å². The number of hydrogen-bond donors (Lipinski definition) is 2. The van der Waals surface area contributed by atoms with E-state index in [1.807, 2.05) is 18.3 Å². The fourth-order valence-corrected chi connectivity index (χ4v) is 1.89. The highest BCUT2D eigenvalue weighted by atomic mass is 15.1. The second-order valence-electron chi connectivity index (χ2n) is 3.64. The van der Waals surface area contributed by atoms with Crippen LogP contribution in [0.2, 0.25) is 0 Å². The summed E-state index contributed by atoms with van der Waals surface area (Å²) in [5.74, 6) is 1.85. The van der Waals surface area contributed by atoms with Crippen LogP contribution in [0.4, 0.5) is 0 Å². The molecule has 80 valence electrons. The van der Waals surface area contributed by atoms with Gasteiger partial charge < -0.3 is 10.3 Å². The van der Waals surface area contributed by atoms with Crippen molar-refractivity contribution in [2.24, 2.45) is 4.99 Å². The van der Waals surface area contributed by atoms with Gasteiger partial charge in [-0.25, -0.2) is 4.98 Å². The largest absolute Gasteiger partial charge is 0.368 e. The lowest BCUT2D eigenvalue weighted by Gasteiger charge is -2.07. The number of hydrogen-bond acceptors (Lipinski definition) is 3. The zero-order valence-corrected chi connectivity index (χ0v) is 8.77. The predicted octanol–water partition coefficient (Wildman–Crippen LogP) is 1.43. The van der Waals surface area contributed by atoms with Gasteiger partial charge in [-0.1, -0.05) is 24.3 Å². The van der Waals surface area contributed by atoms with E-state index in [9.17, 15) is 0 Å². The Morgan fingerprint density at radius 3 is 2.69 bits per heavy atom. The molecule has 0 saturated heterocycles. The lowest BCUT2D eigenvalue weighted by molar-refractivity contribution is 0.960. The number of imidazole rings is 1. The fourth-order valence-electron chi connectivity index (χ4n) is 1.89. The Kier molecular flexibility index (Phi) is 2.18. The topological polar surface area (TPSA) is 53.1 Å². The molecule has 0 radical (unpaired) electrons. The minimum absolute atomic E-state index is 0.849. The van der Waals surface area contributed by atoms with Gasteiger partial charge in [-0.05, 0) is 0 Å². The lowest BCUT2D eigenvalue weighted by Crippen LogP contribution is -2.20. The molecule has 1 aromatic carbocycles. The number of aliphatic imine (C=N–C) groups is 1. The molecule has 4 nitrogen and oxygen atoms in total. The molecule has 0 amide bonds. The van der Waals surface area contributed by atoms with E-state index in [1.165, 1.54) is 0 Å². The molecule has 2 N–H and O–H groups in total. The summed E-state index contributed by atoms with van der Waals surface area (Å²) in [6.07, 6.45) is 3.59. The molecule has 2 aromatic rings. The van der Waals surface area contributed by atoms with Crippen molar-refractivity contribution in [3.63, 3.8) is 0 Å². The molecule has 0 atom stereocenters. The van der Waals surface area contributed by atoms with E-state index in [0.717, 1.165) is 35.9 Å². The maximum Gasteiger partial charge on any atom is 0.138 e. The van der Waals surface area contributed by atoms with E-state index < -0.39 is 0 Å². The summed E-state index contributed by atoms with van der Waals surface area (Å²) >= 11 is 0. The number of aromatic nitrogens is 2. The van der Waals surface area contributed by atoms with Gasteiger partial charge in [0.1, 0.15) is 11.7 Å². The zero-order valence-electron chi connectivity index (χ0n) is 8.77. The summed E-state index contributed by atoms with van der Waals surface area (Å²) in [6.45, 7) is 1.77. The third-order valence-electron chi connectivity index (χ3n) is 2.61. The lowest BCUT2D eigenvalue weighted by atomic mass is 10.1. The Hall–Kier alpha value is -2.10. The predicted molar refractivity (Wildman–Crippen MR) is 63.4 cm³/mol. The summed E-state index contributed by atoms with van der Waals surface area (Å²) in [5, 5.41) is 3.28. The zero-order chi connectivity index (χ0) is 10.8. The summed E-state index contributed by atoms with van der Waals surface area (Å²) in [5.41, 5.74) is 2.19. The number of rotatable bonds is 2. The van der Waals surface area contributed by atoms with Crippen LogP contribution in [0.3, 0.4) is 0 Å². The van der Waals surface area contributed by atoms with Crippen LogP contribution < -0.4 is 5.32 Å². The van der Waals surface area contributed by atoms with Crippen molar-refractivity contribution in [3.05, 3.63) is 42.2 Å². The SMILES string of the molecule is c1ccc(-c2ncc[nH]2)c(C2=NCCN2)c1. The molecule has 0 fully saturated rings. The standard InChI is InChI=1S/C12H12N4/c1-2-4-10(12-15-7-8-16-12)9(3-1)11-13-5-6-14-11/h1-6H,7-8H2,(H,13,14)(H,15,16). The molecule has 16 heavy (non-hydrogen) atoms. The average molecular weight is 212 g/mol. The van der Waals surface area contributed by atoms with Crippen molar-refractivity contribution in [2.45, 2.75) is 0 Å². The van der Waals surface area contributed by atoms with Crippen LogP contribution >= 0.6 is 0 Å². The fraction of sp³-hybridized carbons (Fsp3) is 0.167. The van der Waals surface area contributed by atoms with Gasteiger partial charge in [0.2, 0.25) is 0 Å². The maximum absolute atomic E-state index is 4.44. The first-order valence-corrected chi connectivity index (χ1v) is 5.32. The first-order valence-electron chi connectivity index (χ1n) is 5.32. The number of aromatic amines is 1. The molecule has 0 bridgehead atoms. The molecular weight excluding hydrogens is 200 g/mol. The van der Waals surface area contributed by atoms with Crippen molar-refractivity contribution in [1.82, 2.24) is 15.3 Å². The summed E-state index contributed by atoms with van der Waals surface area (Å²) in [6, 6.07) is 8.15. The highest BCUT2D eigenvalue weighted by molar-refractivity contribution is 6.04. The van der Waals surface area contributed by atoms with Crippen molar-refractivity contribution < 1.29 is 0 Å². The van der Waals surface area contributed by atoms with Gasteiger partial charge in [-0.15, -0.1) is 0 Å². The number of amidine groups is 1. The molecule has 0 unspecified atom stereocenters. The van der Waals surface area contributed by atoms with Crippen molar-refractivity contribution in [3.8, 4) is 11.4 Å². The smallest absolute Gasteiger partial charge is 0.138 e. The van der Waals surface area contributed by atoms with Gasteiger partial charge in [0.25, 0.3) is 0 Å². The third kappa shape index (κ3) is 1.48. The molecule has 0 saturated carbocycles. The first-order chi connectivity index (χ1) is 7.95. The Balaban J connectivity index is 2.11. The van der Waals surface area contributed by atoms with Crippen molar-refractivity contribution in [2.75, 3.05) is 13.1 Å². The van der Waals surface area contributed by atoms with E-state index in [2.05, 4.69) is 32.4 Å². The normalized spacial score (nSPS) is 14.6. The van der Waals surface area contributed by atoms with Gasteiger partial charge in [0.05, 0.1) is 6.54 Å². The quantitative estimate of drug-likeness (QED) is 0.791. The van der Waals surface area contributed by atoms with E-state index in [1.54, 1.807) is 6.20 Å². The van der Waals surface area contributed by atoms with Crippen molar-refractivity contribution >= 4 is 5.84 Å². The van der Waals surface area contributed by atoms with Gasteiger partial charge >= 0.3 is 0 Å². The average Bonchev–Trinajstić information content (AvgIpc) is 3.03. The molecule has 1 aliphatic rings. The highest BCUT2D eigenvalue weighted by Gasteiger charge is 2.13. The first kappa shape index (κ1) is 9.15. The number of benzene rings is 1.